The van der Waals surface area contributed by atoms with Gasteiger partial charge in [-0.3, -0.25) is 4.79 Å². The molecule has 3 nitrogen and oxygen atoms in total. The van der Waals surface area contributed by atoms with E-state index in [1.54, 1.807) is 17.8 Å². The van der Waals surface area contributed by atoms with Crippen molar-refractivity contribution in [2.75, 3.05) is 17.6 Å². The minimum Gasteiger partial charge on any atom is -0.323 e. The highest BCUT2D eigenvalue weighted by Crippen LogP contribution is 2.26. The van der Waals surface area contributed by atoms with Gasteiger partial charge in [-0.1, -0.05) is 26.8 Å². The van der Waals surface area contributed by atoms with Crippen LogP contribution in [0.2, 0.25) is 0 Å². The van der Waals surface area contributed by atoms with Crippen LogP contribution in [0, 0.1) is 5.82 Å². The Morgan fingerprint density at radius 3 is 2.90 bits per heavy atom. The Labute approximate surface area is 123 Å². The Morgan fingerprint density at radius 2 is 2.20 bits per heavy atom. The van der Waals surface area contributed by atoms with Crippen LogP contribution in [0.5, 0.6) is 0 Å². The molecule has 0 saturated heterocycles. The fraction of sp³-hybridized carbons (Fsp3) is 0.533. The molecule has 1 aromatic rings. The maximum atomic E-state index is 14.3. The zero-order valence-corrected chi connectivity index (χ0v) is 13.0. The van der Waals surface area contributed by atoms with E-state index in [0.29, 0.717) is 24.4 Å². The molecule has 0 unspecified atom stereocenters. The predicted molar refractivity (Wildman–Crippen MR) is 82.7 cm³/mol. The zero-order chi connectivity index (χ0) is 14.8. The second-order valence-electron chi connectivity index (χ2n) is 5.94. The summed E-state index contributed by atoms with van der Waals surface area (Å²) < 4.78 is 14.4. The number of rotatable bonds is 3. The Hall–Kier alpha value is -1.07. The Morgan fingerprint density at radius 1 is 1.45 bits per heavy atom. The van der Waals surface area contributed by atoms with Gasteiger partial charge in [-0.05, 0) is 30.2 Å². The number of anilines is 1. The van der Waals surface area contributed by atoms with Crippen molar-refractivity contribution in [2.24, 2.45) is 0 Å². The molecule has 1 aliphatic heterocycles. The van der Waals surface area contributed by atoms with Crippen LogP contribution < -0.4 is 10.6 Å². The molecule has 5 heteroatoms. The molecule has 0 aromatic heterocycles. The molecular weight excluding hydrogens is 275 g/mol. The van der Waals surface area contributed by atoms with Crippen LogP contribution in [-0.4, -0.2) is 23.0 Å². The quantitative estimate of drug-likeness (QED) is 0.901. The number of hydrogen-bond acceptors (Lipinski definition) is 3. The van der Waals surface area contributed by atoms with E-state index in [-0.39, 0.29) is 16.5 Å². The Bertz CT molecular complexity index is 511. The van der Waals surface area contributed by atoms with E-state index in [1.807, 2.05) is 6.07 Å². The van der Waals surface area contributed by atoms with Gasteiger partial charge in [0.1, 0.15) is 5.82 Å². The number of halogens is 1. The molecule has 0 bridgehead atoms. The fourth-order valence-electron chi connectivity index (χ4n) is 2.10. The summed E-state index contributed by atoms with van der Waals surface area (Å²) in [5.74, 6) is -0.0995. The summed E-state index contributed by atoms with van der Waals surface area (Å²) in [6.07, 6.45) is 0.668. The van der Waals surface area contributed by atoms with Gasteiger partial charge in [0.15, 0.2) is 0 Å². The van der Waals surface area contributed by atoms with Crippen molar-refractivity contribution < 1.29 is 9.18 Å². The Kier molecular flexibility index (Phi) is 4.70. The van der Waals surface area contributed by atoms with Gasteiger partial charge < -0.3 is 10.6 Å². The van der Waals surface area contributed by atoms with Gasteiger partial charge in [-0.25, -0.2) is 4.39 Å². The van der Waals surface area contributed by atoms with Crippen LogP contribution in [-0.2, 0) is 17.8 Å². The second kappa shape index (κ2) is 6.14. The first-order chi connectivity index (χ1) is 9.37. The molecule has 1 amide bonds. The van der Waals surface area contributed by atoms with E-state index in [1.165, 1.54) is 0 Å². The third-order valence-corrected chi connectivity index (χ3v) is 4.39. The zero-order valence-electron chi connectivity index (χ0n) is 12.2. The van der Waals surface area contributed by atoms with Crippen LogP contribution in [0.3, 0.4) is 0 Å². The van der Waals surface area contributed by atoms with Gasteiger partial charge in [0, 0.05) is 11.3 Å². The van der Waals surface area contributed by atoms with E-state index < -0.39 is 0 Å². The lowest BCUT2D eigenvalue weighted by Crippen LogP contribution is -2.25. The maximum Gasteiger partial charge on any atom is 0.234 e. The molecule has 20 heavy (non-hydrogen) atoms. The number of amides is 1. The maximum absolute atomic E-state index is 14.3. The molecule has 110 valence electrons. The predicted octanol–water partition coefficient (Wildman–Crippen LogP) is 2.94. The van der Waals surface area contributed by atoms with Gasteiger partial charge in [0.05, 0.1) is 11.4 Å². The lowest BCUT2D eigenvalue weighted by atomic mass is 9.99. The van der Waals surface area contributed by atoms with Crippen molar-refractivity contribution in [3.05, 3.63) is 29.1 Å². The molecule has 0 spiro atoms. The van der Waals surface area contributed by atoms with Crippen LogP contribution in [0.15, 0.2) is 12.1 Å². The summed E-state index contributed by atoms with van der Waals surface area (Å²) in [5.41, 5.74) is 2.01. The topological polar surface area (TPSA) is 41.1 Å². The number of benzene rings is 1. The van der Waals surface area contributed by atoms with Crippen LogP contribution in [0.25, 0.3) is 0 Å². The highest BCUT2D eigenvalue weighted by Gasteiger charge is 2.18. The van der Waals surface area contributed by atoms with Crippen molar-refractivity contribution in [1.82, 2.24) is 5.32 Å². The fourth-order valence-corrected chi connectivity index (χ4v) is 2.73. The van der Waals surface area contributed by atoms with Crippen molar-refractivity contribution in [1.29, 1.82) is 0 Å². The summed E-state index contributed by atoms with van der Waals surface area (Å²) >= 11 is 1.55. The molecule has 0 saturated carbocycles. The molecule has 0 aliphatic carbocycles. The summed E-state index contributed by atoms with van der Waals surface area (Å²) in [6.45, 7) is 7.63. The smallest absolute Gasteiger partial charge is 0.234 e. The molecular formula is C15H21FN2OS. The standard InChI is InChI=1S/C15H21FN2OS/c1-15(2,3)20-9-13(19)18-12-5-4-10-8-17-7-6-11(10)14(12)16/h4-5,17H,6-9H2,1-3H3,(H,18,19). The van der Waals surface area contributed by atoms with Crippen LogP contribution in [0.4, 0.5) is 10.1 Å². The molecule has 1 aromatic carbocycles. The third kappa shape index (κ3) is 3.96. The number of carbonyl (C=O) groups excluding carboxylic acids is 1. The Balaban J connectivity index is 2.05. The van der Waals surface area contributed by atoms with Gasteiger partial charge >= 0.3 is 0 Å². The largest absolute Gasteiger partial charge is 0.323 e. The third-order valence-electron chi connectivity index (χ3n) is 3.12. The number of nitrogens with one attached hydrogen (secondary N) is 2. The van der Waals surface area contributed by atoms with E-state index in [9.17, 15) is 9.18 Å². The molecule has 1 aliphatic rings. The van der Waals surface area contributed by atoms with E-state index in [0.717, 1.165) is 17.7 Å². The first-order valence-corrected chi connectivity index (χ1v) is 7.80. The minimum absolute atomic E-state index is 0.0252. The highest BCUT2D eigenvalue weighted by molar-refractivity contribution is 8.01. The minimum atomic E-state index is -0.280. The lowest BCUT2D eigenvalue weighted by molar-refractivity contribution is -0.113. The van der Waals surface area contributed by atoms with Gasteiger partial charge in [-0.2, -0.15) is 0 Å². The average Bonchev–Trinajstić information content (AvgIpc) is 2.39. The molecule has 1 heterocycles. The average molecular weight is 296 g/mol. The van der Waals surface area contributed by atoms with Crippen molar-refractivity contribution >= 4 is 23.4 Å². The van der Waals surface area contributed by atoms with Gasteiger partial charge in [0.25, 0.3) is 0 Å². The van der Waals surface area contributed by atoms with Crippen molar-refractivity contribution in [3.8, 4) is 0 Å². The first kappa shape index (κ1) is 15.3. The number of thioether (sulfide) groups is 1. The monoisotopic (exact) mass is 296 g/mol. The lowest BCUT2D eigenvalue weighted by Gasteiger charge is -2.20. The van der Waals surface area contributed by atoms with E-state index in [2.05, 4.69) is 31.4 Å². The number of carbonyl (C=O) groups is 1. The first-order valence-electron chi connectivity index (χ1n) is 6.81. The summed E-state index contributed by atoms with van der Waals surface area (Å²) in [6, 6.07) is 3.54. The van der Waals surface area contributed by atoms with Crippen LogP contribution in [0.1, 0.15) is 31.9 Å². The molecule has 2 rings (SSSR count). The van der Waals surface area contributed by atoms with Crippen LogP contribution >= 0.6 is 11.8 Å². The molecule has 2 N–H and O–H groups in total. The summed E-state index contributed by atoms with van der Waals surface area (Å²) in [4.78, 5) is 11.9. The molecule has 0 atom stereocenters. The molecule has 0 radical (unpaired) electrons. The summed E-state index contributed by atoms with van der Waals surface area (Å²) in [5, 5.41) is 5.89. The van der Waals surface area contributed by atoms with E-state index in [4.69, 9.17) is 0 Å². The number of hydrogen-bond donors (Lipinski definition) is 2. The van der Waals surface area contributed by atoms with Gasteiger partial charge in [-0.15, -0.1) is 11.8 Å². The van der Waals surface area contributed by atoms with E-state index >= 15 is 0 Å². The summed E-state index contributed by atoms with van der Waals surface area (Å²) in [7, 11) is 0. The SMILES string of the molecule is CC(C)(C)SCC(=O)Nc1ccc2c(c1F)CCNC2. The molecule has 0 fully saturated rings. The highest BCUT2D eigenvalue weighted by atomic mass is 32.2. The van der Waals surface area contributed by atoms with Crippen molar-refractivity contribution in [3.63, 3.8) is 0 Å². The second-order valence-corrected chi connectivity index (χ2v) is 7.74. The van der Waals surface area contributed by atoms with Crippen molar-refractivity contribution in [2.45, 2.75) is 38.5 Å². The number of fused-ring (bicyclic) bond motifs is 1. The van der Waals surface area contributed by atoms with Gasteiger partial charge in [0.2, 0.25) is 5.91 Å². The normalized spacial score (nSPS) is 14.8.